The van der Waals surface area contributed by atoms with Crippen molar-refractivity contribution in [1.29, 1.82) is 0 Å². The number of rotatable bonds is 3. The lowest BCUT2D eigenvalue weighted by molar-refractivity contribution is 0.122. The summed E-state index contributed by atoms with van der Waals surface area (Å²) in [6.45, 7) is 1.33. The van der Waals surface area contributed by atoms with Gasteiger partial charge >= 0.3 is 0 Å². The van der Waals surface area contributed by atoms with E-state index in [2.05, 4.69) is 5.32 Å². The smallest absolute Gasteiger partial charge is 0.124 e. The van der Waals surface area contributed by atoms with E-state index in [4.69, 9.17) is 16.3 Å². The molecule has 1 aliphatic heterocycles. The Hall–Kier alpha value is -0.680. The monoisotopic (exact) mass is 245 g/mol. The molecule has 2 rings (SSSR count). The van der Waals surface area contributed by atoms with Crippen LogP contribution in [0.4, 0.5) is 4.39 Å². The van der Waals surface area contributed by atoms with E-state index < -0.39 is 6.10 Å². The Morgan fingerprint density at radius 3 is 2.94 bits per heavy atom. The van der Waals surface area contributed by atoms with E-state index in [1.807, 2.05) is 0 Å². The summed E-state index contributed by atoms with van der Waals surface area (Å²) in [6, 6.07) is 4.19. The molecule has 0 bridgehead atoms. The molecular weight excluding hydrogens is 233 g/mol. The SMILES string of the molecule is OC1COCC1NCc1ccc(F)cc1Cl. The number of aliphatic hydroxyl groups is 1. The summed E-state index contributed by atoms with van der Waals surface area (Å²) in [4.78, 5) is 0. The molecule has 0 spiro atoms. The van der Waals surface area contributed by atoms with Gasteiger partial charge in [-0.1, -0.05) is 17.7 Å². The van der Waals surface area contributed by atoms with Crippen LogP contribution in [-0.2, 0) is 11.3 Å². The molecule has 1 fully saturated rings. The minimum absolute atomic E-state index is 0.0823. The van der Waals surface area contributed by atoms with Crippen molar-refractivity contribution in [3.05, 3.63) is 34.6 Å². The molecule has 1 heterocycles. The van der Waals surface area contributed by atoms with Gasteiger partial charge in [0.1, 0.15) is 5.82 Å². The van der Waals surface area contributed by atoms with Gasteiger partial charge in [-0.05, 0) is 17.7 Å². The van der Waals surface area contributed by atoms with Crippen molar-refractivity contribution in [1.82, 2.24) is 5.32 Å². The van der Waals surface area contributed by atoms with Gasteiger partial charge < -0.3 is 15.2 Å². The molecule has 3 nitrogen and oxygen atoms in total. The van der Waals surface area contributed by atoms with Crippen LogP contribution in [0, 0.1) is 5.82 Å². The lowest BCUT2D eigenvalue weighted by atomic mass is 10.1. The highest BCUT2D eigenvalue weighted by atomic mass is 35.5. The number of hydrogen-bond acceptors (Lipinski definition) is 3. The predicted molar refractivity (Wildman–Crippen MR) is 58.9 cm³/mol. The van der Waals surface area contributed by atoms with Crippen LogP contribution in [0.1, 0.15) is 5.56 Å². The van der Waals surface area contributed by atoms with Gasteiger partial charge in [0.15, 0.2) is 0 Å². The first-order valence-corrected chi connectivity index (χ1v) is 5.48. The van der Waals surface area contributed by atoms with Crippen molar-refractivity contribution in [3.8, 4) is 0 Å². The second-order valence-electron chi connectivity index (χ2n) is 3.83. The van der Waals surface area contributed by atoms with Crippen molar-refractivity contribution in [2.45, 2.75) is 18.7 Å². The first-order chi connectivity index (χ1) is 7.66. The normalized spacial score (nSPS) is 24.9. The molecule has 1 aliphatic rings. The maximum atomic E-state index is 12.8. The van der Waals surface area contributed by atoms with Crippen LogP contribution in [0.25, 0.3) is 0 Å². The van der Waals surface area contributed by atoms with Crippen LogP contribution >= 0.6 is 11.6 Å². The molecule has 2 unspecified atom stereocenters. The third-order valence-electron chi connectivity index (χ3n) is 2.62. The van der Waals surface area contributed by atoms with E-state index in [0.29, 0.717) is 24.8 Å². The number of hydrogen-bond donors (Lipinski definition) is 2. The van der Waals surface area contributed by atoms with E-state index >= 15 is 0 Å². The van der Waals surface area contributed by atoms with E-state index in [1.54, 1.807) is 6.07 Å². The number of nitrogens with one attached hydrogen (secondary N) is 1. The van der Waals surface area contributed by atoms with Crippen molar-refractivity contribution < 1.29 is 14.2 Å². The molecule has 0 aromatic heterocycles. The summed E-state index contributed by atoms with van der Waals surface area (Å²) in [6.07, 6.45) is -0.487. The van der Waals surface area contributed by atoms with Crippen LogP contribution in [0.15, 0.2) is 18.2 Å². The molecule has 0 saturated carbocycles. The number of ether oxygens (including phenoxy) is 1. The number of halogens is 2. The quantitative estimate of drug-likeness (QED) is 0.844. The average molecular weight is 246 g/mol. The summed E-state index contributed by atoms with van der Waals surface area (Å²) >= 11 is 5.88. The third-order valence-corrected chi connectivity index (χ3v) is 2.97. The summed E-state index contributed by atoms with van der Waals surface area (Å²) < 4.78 is 17.9. The fraction of sp³-hybridized carbons (Fsp3) is 0.455. The topological polar surface area (TPSA) is 41.5 Å². The Morgan fingerprint density at radius 2 is 2.31 bits per heavy atom. The number of aliphatic hydroxyl groups excluding tert-OH is 1. The predicted octanol–water partition coefficient (Wildman–Crippen LogP) is 1.33. The second-order valence-corrected chi connectivity index (χ2v) is 4.24. The van der Waals surface area contributed by atoms with Crippen molar-refractivity contribution >= 4 is 11.6 Å². The largest absolute Gasteiger partial charge is 0.389 e. The third kappa shape index (κ3) is 2.71. The van der Waals surface area contributed by atoms with Crippen LogP contribution in [0.3, 0.4) is 0 Å². The number of benzene rings is 1. The highest BCUT2D eigenvalue weighted by molar-refractivity contribution is 6.31. The van der Waals surface area contributed by atoms with Gasteiger partial charge in [0, 0.05) is 11.6 Å². The minimum atomic E-state index is -0.487. The fourth-order valence-electron chi connectivity index (χ4n) is 1.64. The van der Waals surface area contributed by atoms with Crippen LogP contribution in [0.2, 0.25) is 5.02 Å². The van der Waals surface area contributed by atoms with Crippen LogP contribution < -0.4 is 5.32 Å². The molecule has 0 aliphatic carbocycles. The lowest BCUT2D eigenvalue weighted by Crippen LogP contribution is -2.38. The van der Waals surface area contributed by atoms with Gasteiger partial charge in [-0.15, -0.1) is 0 Å². The molecule has 2 atom stereocenters. The highest BCUT2D eigenvalue weighted by Gasteiger charge is 2.25. The second kappa shape index (κ2) is 5.10. The molecule has 1 aromatic rings. The molecule has 16 heavy (non-hydrogen) atoms. The van der Waals surface area contributed by atoms with Crippen molar-refractivity contribution in [2.75, 3.05) is 13.2 Å². The molecule has 1 aromatic carbocycles. The Morgan fingerprint density at radius 1 is 1.50 bits per heavy atom. The Bertz CT molecular complexity index is 375. The molecule has 2 N–H and O–H groups in total. The maximum absolute atomic E-state index is 12.8. The van der Waals surface area contributed by atoms with Gasteiger partial charge in [0.25, 0.3) is 0 Å². The average Bonchev–Trinajstić information content (AvgIpc) is 2.63. The highest BCUT2D eigenvalue weighted by Crippen LogP contribution is 2.17. The molecule has 1 saturated heterocycles. The summed E-state index contributed by atoms with van der Waals surface area (Å²) in [7, 11) is 0. The maximum Gasteiger partial charge on any atom is 0.124 e. The standard InChI is InChI=1S/C11H13ClFNO2/c12-9-3-8(13)2-1-7(9)4-14-10-5-16-6-11(10)15/h1-3,10-11,14-15H,4-6H2. The molecular formula is C11H13ClFNO2. The summed E-state index contributed by atoms with van der Waals surface area (Å²) in [5, 5.41) is 13.0. The lowest BCUT2D eigenvalue weighted by Gasteiger charge is -2.15. The van der Waals surface area contributed by atoms with Crippen LogP contribution in [0.5, 0.6) is 0 Å². The summed E-state index contributed by atoms with van der Waals surface area (Å²) in [5.41, 5.74) is 0.808. The van der Waals surface area contributed by atoms with E-state index in [1.165, 1.54) is 12.1 Å². The van der Waals surface area contributed by atoms with Gasteiger partial charge in [-0.25, -0.2) is 4.39 Å². The van der Waals surface area contributed by atoms with Crippen molar-refractivity contribution in [2.24, 2.45) is 0 Å². The van der Waals surface area contributed by atoms with Gasteiger partial charge in [0.2, 0.25) is 0 Å². The molecule has 5 heteroatoms. The summed E-state index contributed by atoms with van der Waals surface area (Å²) in [5.74, 6) is -0.349. The Kier molecular flexibility index (Phi) is 3.76. The first-order valence-electron chi connectivity index (χ1n) is 5.10. The van der Waals surface area contributed by atoms with E-state index in [0.717, 1.165) is 5.56 Å². The fourth-order valence-corrected chi connectivity index (χ4v) is 1.88. The molecule has 0 amide bonds. The zero-order valence-electron chi connectivity index (χ0n) is 8.62. The Balaban J connectivity index is 1.94. The minimum Gasteiger partial charge on any atom is -0.389 e. The molecule has 0 radical (unpaired) electrons. The van der Waals surface area contributed by atoms with Crippen LogP contribution in [-0.4, -0.2) is 30.5 Å². The first kappa shape index (κ1) is 11.8. The Labute approximate surface area is 98.2 Å². The van der Waals surface area contributed by atoms with E-state index in [9.17, 15) is 9.50 Å². The zero-order valence-corrected chi connectivity index (χ0v) is 9.38. The zero-order chi connectivity index (χ0) is 11.5. The van der Waals surface area contributed by atoms with Crippen molar-refractivity contribution in [3.63, 3.8) is 0 Å². The van der Waals surface area contributed by atoms with E-state index in [-0.39, 0.29) is 11.9 Å². The molecule has 88 valence electrons. The van der Waals surface area contributed by atoms with Gasteiger partial charge in [-0.2, -0.15) is 0 Å². The van der Waals surface area contributed by atoms with Gasteiger partial charge in [-0.3, -0.25) is 0 Å². The van der Waals surface area contributed by atoms with Gasteiger partial charge in [0.05, 0.1) is 25.4 Å².